The molecule has 23 heavy (non-hydrogen) atoms. The van der Waals surface area contributed by atoms with Crippen molar-refractivity contribution in [3.63, 3.8) is 0 Å². The first kappa shape index (κ1) is 17.3. The van der Waals surface area contributed by atoms with E-state index in [0.29, 0.717) is 5.69 Å². The minimum absolute atomic E-state index is 0.0789. The number of para-hydroxylation sites is 2. The van der Waals surface area contributed by atoms with Crippen LogP contribution in [0.15, 0.2) is 24.3 Å². The second-order valence-electron chi connectivity index (χ2n) is 6.14. The number of carbonyl (C=O) groups excluding carboxylic acids is 2. The molecule has 1 heterocycles. The molecule has 0 unspecified atom stereocenters. The Morgan fingerprint density at radius 3 is 2.57 bits per heavy atom. The lowest BCUT2D eigenvalue weighted by molar-refractivity contribution is -0.115. The van der Waals surface area contributed by atoms with Gasteiger partial charge in [0.15, 0.2) is 0 Å². The number of urea groups is 1. The normalized spacial score (nSPS) is 17.5. The molecule has 2 N–H and O–H groups in total. The van der Waals surface area contributed by atoms with Gasteiger partial charge in [-0.25, -0.2) is 4.79 Å². The molecule has 1 aliphatic carbocycles. The SMILES string of the molecule is CCC.O=C1CN(C(=O)NC2CCCCC2)c2ccccc2N1. The number of benzene rings is 1. The van der Waals surface area contributed by atoms with Gasteiger partial charge in [-0.1, -0.05) is 51.7 Å². The molecular formula is C18H27N3O2. The van der Waals surface area contributed by atoms with Gasteiger partial charge in [-0.2, -0.15) is 0 Å². The molecule has 5 nitrogen and oxygen atoms in total. The molecule has 1 aromatic rings. The molecule has 3 amide bonds. The van der Waals surface area contributed by atoms with Gasteiger partial charge in [0.2, 0.25) is 5.91 Å². The van der Waals surface area contributed by atoms with Crippen molar-refractivity contribution in [3.8, 4) is 0 Å². The Hall–Kier alpha value is -2.04. The van der Waals surface area contributed by atoms with Crippen molar-refractivity contribution >= 4 is 23.3 Å². The quantitative estimate of drug-likeness (QED) is 0.825. The third-order valence-corrected chi connectivity index (χ3v) is 3.95. The van der Waals surface area contributed by atoms with Crippen molar-refractivity contribution in [2.24, 2.45) is 0 Å². The number of fused-ring (bicyclic) bond motifs is 1. The Kier molecular flexibility index (Phi) is 6.44. The van der Waals surface area contributed by atoms with E-state index < -0.39 is 0 Å². The van der Waals surface area contributed by atoms with Gasteiger partial charge < -0.3 is 10.6 Å². The van der Waals surface area contributed by atoms with E-state index in [1.807, 2.05) is 24.3 Å². The van der Waals surface area contributed by atoms with Crippen LogP contribution in [0.2, 0.25) is 0 Å². The Morgan fingerprint density at radius 1 is 1.22 bits per heavy atom. The molecule has 0 aromatic heterocycles. The number of nitrogens with zero attached hydrogens (tertiary/aromatic N) is 1. The predicted octanol–water partition coefficient (Wildman–Crippen LogP) is 3.90. The zero-order valence-corrected chi connectivity index (χ0v) is 14.1. The van der Waals surface area contributed by atoms with Crippen LogP contribution in [-0.4, -0.2) is 24.5 Å². The molecule has 0 radical (unpaired) electrons. The van der Waals surface area contributed by atoms with E-state index in [2.05, 4.69) is 24.5 Å². The third-order valence-electron chi connectivity index (χ3n) is 3.95. The summed E-state index contributed by atoms with van der Waals surface area (Å²) in [5.74, 6) is -0.150. The van der Waals surface area contributed by atoms with Crippen molar-refractivity contribution in [1.82, 2.24) is 5.32 Å². The molecule has 3 rings (SSSR count). The first-order valence-corrected chi connectivity index (χ1v) is 8.62. The molecule has 2 aliphatic rings. The lowest BCUT2D eigenvalue weighted by atomic mass is 9.96. The summed E-state index contributed by atoms with van der Waals surface area (Å²) in [7, 11) is 0. The Balaban J connectivity index is 0.000000595. The number of hydrogen-bond donors (Lipinski definition) is 2. The van der Waals surface area contributed by atoms with Crippen LogP contribution < -0.4 is 15.5 Å². The number of anilines is 2. The van der Waals surface area contributed by atoms with E-state index in [0.717, 1.165) is 18.5 Å². The number of rotatable bonds is 1. The van der Waals surface area contributed by atoms with Crippen molar-refractivity contribution in [2.75, 3.05) is 16.8 Å². The third kappa shape index (κ3) is 4.71. The van der Waals surface area contributed by atoms with E-state index in [-0.39, 0.29) is 24.5 Å². The predicted molar refractivity (Wildman–Crippen MR) is 93.8 cm³/mol. The number of carbonyl (C=O) groups is 2. The lowest BCUT2D eigenvalue weighted by Crippen LogP contribution is -2.50. The van der Waals surface area contributed by atoms with Crippen LogP contribution in [0.5, 0.6) is 0 Å². The van der Waals surface area contributed by atoms with Gasteiger partial charge in [-0.3, -0.25) is 9.69 Å². The number of hydrogen-bond acceptors (Lipinski definition) is 2. The van der Waals surface area contributed by atoms with E-state index in [4.69, 9.17) is 0 Å². The maximum Gasteiger partial charge on any atom is 0.322 e. The topological polar surface area (TPSA) is 61.4 Å². The first-order valence-electron chi connectivity index (χ1n) is 8.62. The average molecular weight is 317 g/mol. The van der Waals surface area contributed by atoms with Gasteiger partial charge in [0.25, 0.3) is 0 Å². The highest BCUT2D eigenvalue weighted by Crippen LogP contribution is 2.29. The lowest BCUT2D eigenvalue weighted by Gasteiger charge is -2.31. The zero-order valence-electron chi connectivity index (χ0n) is 14.1. The van der Waals surface area contributed by atoms with Crippen LogP contribution in [0.1, 0.15) is 52.4 Å². The second kappa shape index (κ2) is 8.56. The minimum atomic E-state index is -0.167. The Labute approximate surface area is 138 Å². The molecular weight excluding hydrogens is 290 g/mol. The maximum atomic E-state index is 12.4. The molecule has 0 bridgehead atoms. The van der Waals surface area contributed by atoms with Crippen LogP contribution in [0.3, 0.4) is 0 Å². The zero-order chi connectivity index (χ0) is 16.7. The van der Waals surface area contributed by atoms with Gasteiger partial charge in [-0.15, -0.1) is 0 Å². The summed E-state index contributed by atoms with van der Waals surface area (Å²) >= 11 is 0. The van der Waals surface area contributed by atoms with E-state index >= 15 is 0 Å². The standard InChI is InChI=1S/C15H19N3O2.C3H8/c19-14-10-18(13-9-5-4-8-12(13)17-14)15(20)16-11-6-2-1-3-7-11;1-3-2/h4-5,8-9,11H,1-3,6-7,10H2,(H,16,20)(H,17,19);3H2,1-2H3. The number of nitrogens with one attached hydrogen (secondary N) is 2. The van der Waals surface area contributed by atoms with Crippen LogP contribution in [0.4, 0.5) is 16.2 Å². The first-order chi connectivity index (χ1) is 11.2. The molecule has 5 heteroatoms. The fourth-order valence-corrected chi connectivity index (χ4v) is 2.91. The van der Waals surface area contributed by atoms with Crippen LogP contribution in [0.25, 0.3) is 0 Å². The van der Waals surface area contributed by atoms with Gasteiger partial charge in [0.05, 0.1) is 11.4 Å². The van der Waals surface area contributed by atoms with E-state index in [9.17, 15) is 9.59 Å². The summed E-state index contributed by atoms with van der Waals surface area (Å²) in [5, 5.41) is 5.84. The molecule has 1 fully saturated rings. The second-order valence-corrected chi connectivity index (χ2v) is 6.14. The highest BCUT2D eigenvalue weighted by atomic mass is 16.2. The summed E-state index contributed by atoms with van der Waals surface area (Å²) in [6.45, 7) is 4.33. The minimum Gasteiger partial charge on any atom is -0.335 e. The van der Waals surface area contributed by atoms with Crippen molar-refractivity contribution in [2.45, 2.75) is 58.4 Å². The van der Waals surface area contributed by atoms with E-state index in [1.54, 1.807) is 0 Å². The van der Waals surface area contributed by atoms with Gasteiger partial charge in [-0.05, 0) is 25.0 Å². The van der Waals surface area contributed by atoms with Gasteiger partial charge >= 0.3 is 6.03 Å². The molecule has 1 saturated carbocycles. The Bertz CT molecular complexity index is 539. The van der Waals surface area contributed by atoms with Crippen molar-refractivity contribution in [1.29, 1.82) is 0 Å². The summed E-state index contributed by atoms with van der Waals surface area (Å²) in [6, 6.07) is 7.47. The van der Waals surface area contributed by atoms with Crippen molar-refractivity contribution in [3.05, 3.63) is 24.3 Å². The molecule has 0 saturated heterocycles. The van der Waals surface area contributed by atoms with Gasteiger partial charge in [0, 0.05) is 6.04 Å². The fourth-order valence-electron chi connectivity index (χ4n) is 2.91. The van der Waals surface area contributed by atoms with E-state index in [1.165, 1.54) is 30.6 Å². The van der Waals surface area contributed by atoms with Crippen molar-refractivity contribution < 1.29 is 9.59 Å². The maximum absolute atomic E-state index is 12.4. The monoisotopic (exact) mass is 317 g/mol. The highest BCUT2D eigenvalue weighted by Gasteiger charge is 2.28. The number of amides is 3. The van der Waals surface area contributed by atoms with Crippen LogP contribution in [0, 0.1) is 0 Å². The molecule has 1 aliphatic heterocycles. The van der Waals surface area contributed by atoms with Crippen LogP contribution >= 0.6 is 0 Å². The highest BCUT2D eigenvalue weighted by molar-refractivity contribution is 6.09. The summed E-state index contributed by atoms with van der Waals surface area (Å²) < 4.78 is 0. The summed E-state index contributed by atoms with van der Waals surface area (Å²) in [5.41, 5.74) is 1.46. The molecule has 1 aromatic carbocycles. The molecule has 0 atom stereocenters. The van der Waals surface area contributed by atoms with Crippen LogP contribution in [-0.2, 0) is 4.79 Å². The fraction of sp³-hybridized carbons (Fsp3) is 0.556. The Morgan fingerprint density at radius 2 is 1.87 bits per heavy atom. The summed E-state index contributed by atoms with van der Waals surface area (Å²) in [6.07, 6.45) is 6.91. The summed E-state index contributed by atoms with van der Waals surface area (Å²) in [4.78, 5) is 25.6. The molecule has 0 spiro atoms. The smallest absolute Gasteiger partial charge is 0.322 e. The van der Waals surface area contributed by atoms with Gasteiger partial charge in [0.1, 0.15) is 6.54 Å². The average Bonchev–Trinajstić information content (AvgIpc) is 2.55. The largest absolute Gasteiger partial charge is 0.335 e. The molecule has 126 valence electrons.